The highest BCUT2D eigenvalue weighted by Crippen LogP contribution is 2.46. The highest BCUT2D eigenvalue weighted by molar-refractivity contribution is 8.09. The van der Waals surface area contributed by atoms with Crippen LogP contribution >= 0.6 is 6.49 Å². The monoisotopic (exact) mass is 252 g/mol. The zero-order valence-electron chi connectivity index (χ0n) is 11.1. The molecule has 0 saturated carbocycles. The topological polar surface area (TPSA) is 18.5 Å². The van der Waals surface area contributed by atoms with E-state index in [4.69, 9.17) is 20.9 Å². The van der Waals surface area contributed by atoms with E-state index in [1.165, 1.54) is 0 Å². The molecule has 0 aromatic carbocycles. The lowest BCUT2D eigenvalue weighted by molar-refractivity contribution is 0.150. The largest absolute Gasteiger partial charge is 0.329 e. The van der Waals surface area contributed by atoms with Crippen LogP contribution in [0.25, 0.3) is 0 Å². The van der Waals surface area contributed by atoms with Gasteiger partial charge < -0.3 is 9.05 Å². The molecule has 0 aliphatic carbocycles. The number of hydrogen-bond acceptors (Lipinski definition) is 3. The lowest BCUT2D eigenvalue weighted by Gasteiger charge is -2.27. The molecule has 0 unspecified atom stereocenters. The molecule has 0 aromatic heterocycles. The number of rotatable bonds is 4. The third-order valence-corrected chi connectivity index (χ3v) is 3.29. The lowest BCUT2D eigenvalue weighted by Crippen LogP contribution is -2.17. The molecule has 0 aliphatic rings. The van der Waals surface area contributed by atoms with E-state index in [1.807, 2.05) is 6.66 Å². The molecule has 2 nitrogen and oxygen atoms in total. The van der Waals surface area contributed by atoms with Crippen molar-refractivity contribution in [2.45, 2.75) is 41.5 Å². The van der Waals surface area contributed by atoms with Gasteiger partial charge in [0.15, 0.2) is 6.49 Å². The fourth-order valence-corrected chi connectivity index (χ4v) is 2.29. The van der Waals surface area contributed by atoms with Crippen LogP contribution in [0.4, 0.5) is 0 Å². The molecule has 0 heterocycles. The minimum atomic E-state index is -2.05. The summed E-state index contributed by atoms with van der Waals surface area (Å²) in [6.07, 6.45) is 0. The van der Waals surface area contributed by atoms with Crippen LogP contribution in [0.15, 0.2) is 0 Å². The summed E-state index contributed by atoms with van der Waals surface area (Å²) in [6, 6.07) is 0. The molecule has 0 radical (unpaired) electrons. The Balaban J connectivity index is 4.04. The molecule has 15 heavy (non-hydrogen) atoms. The average molecular weight is 252 g/mol. The Bertz CT molecular complexity index is 216. The van der Waals surface area contributed by atoms with E-state index >= 15 is 0 Å². The van der Waals surface area contributed by atoms with Crippen molar-refractivity contribution < 1.29 is 9.05 Å². The van der Waals surface area contributed by atoms with E-state index in [0.29, 0.717) is 13.2 Å². The summed E-state index contributed by atoms with van der Waals surface area (Å²) < 4.78 is 11.4. The van der Waals surface area contributed by atoms with Crippen molar-refractivity contribution in [2.24, 2.45) is 10.8 Å². The van der Waals surface area contributed by atoms with Gasteiger partial charge in [-0.3, -0.25) is 0 Å². The van der Waals surface area contributed by atoms with Gasteiger partial charge in [-0.25, -0.2) is 0 Å². The fourth-order valence-electron chi connectivity index (χ4n) is 0.659. The van der Waals surface area contributed by atoms with Gasteiger partial charge in [0.1, 0.15) is 0 Å². The molecule has 92 valence electrons. The molecule has 0 saturated heterocycles. The smallest absolute Gasteiger partial charge is 0.185 e. The van der Waals surface area contributed by atoms with Crippen LogP contribution < -0.4 is 0 Å². The third kappa shape index (κ3) is 10.8. The molecule has 0 bridgehead atoms. The van der Waals surface area contributed by atoms with Crippen LogP contribution in [0.3, 0.4) is 0 Å². The third-order valence-electron chi connectivity index (χ3n) is 1.46. The molecule has 0 rings (SSSR count). The fraction of sp³-hybridized carbons (Fsp3) is 1.00. The maximum absolute atomic E-state index is 5.69. The minimum Gasteiger partial charge on any atom is -0.329 e. The highest BCUT2D eigenvalue weighted by atomic mass is 32.5. The van der Waals surface area contributed by atoms with E-state index in [0.717, 1.165) is 0 Å². The number of hydrogen-bond donors (Lipinski definition) is 0. The molecule has 4 heteroatoms. The predicted octanol–water partition coefficient (Wildman–Crippen LogP) is 4.05. The first-order valence-corrected chi connectivity index (χ1v) is 8.36. The van der Waals surface area contributed by atoms with E-state index in [1.54, 1.807) is 0 Å². The summed E-state index contributed by atoms with van der Waals surface area (Å²) in [5, 5.41) is 0. The molecule has 0 spiro atoms. The van der Waals surface area contributed by atoms with Crippen LogP contribution in [0.5, 0.6) is 0 Å². The van der Waals surface area contributed by atoms with Crippen LogP contribution in [0, 0.1) is 10.8 Å². The van der Waals surface area contributed by atoms with Crippen LogP contribution in [-0.2, 0) is 20.9 Å². The summed E-state index contributed by atoms with van der Waals surface area (Å²) in [5.41, 5.74) is 0.288. The van der Waals surface area contributed by atoms with Gasteiger partial charge in [0.25, 0.3) is 0 Å². The molecule has 0 atom stereocenters. The zero-order valence-corrected chi connectivity index (χ0v) is 12.8. The summed E-state index contributed by atoms with van der Waals surface area (Å²) in [7, 11) is 0. The molecule has 0 N–H and O–H groups in total. The quantitative estimate of drug-likeness (QED) is 0.703. The second kappa shape index (κ2) is 5.27. The Hall–Kier alpha value is 0.570. The summed E-state index contributed by atoms with van der Waals surface area (Å²) in [4.78, 5) is 0. The first kappa shape index (κ1) is 15.6. The van der Waals surface area contributed by atoms with Gasteiger partial charge in [-0.1, -0.05) is 41.5 Å². The predicted molar refractivity (Wildman–Crippen MR) is 71.0 cm³/mol. The Morgan fingerprint density at radius 3 is 1.33 bits per heavy atom. The van der Waals surface area contributed by atoms with Gasteiger partial charge in [0, 0.05) is 6.66 Å². The minimum absolute atomic E-state index is 0.144. The van der Waals surface area contributed by atoms with Gasteiger partial charge in [-0.05, 0) is 22.6 Å². The average Bonchev–Trinajstić information content (AvgIpc) is 1.96. The molecule has 0 aliphatic heterocycles. The van der Waals surface area contributed by atoms with E-state index in [-0.39, 0.29) is 10.8 Å². The molecule has 0 fully saturated rings. The Morgan fingerprint density at radius 1 is 0.867 bits per heavy atom. The second-order valence-corrected chi connectivity index (χ2v) is 10.5. The van der Waals surface area contributed by atoms with Gasteiger partial charge in [-0.15, -0.1) is 0 Å². The normalized spacial score (nSPS) is 14.3. The van der Waals surface area contributed by atoms with Crippen molar-refractivity contribution in [2.75, 3.05) is 19.9 Å². The van der Waals surface area contributed by atoms with E-state index in [2.05, 4.69) is 41.5 Å². The lowest BCUT2D eigenvalue weighted by atomic mass is 9.99. The van der Waals surface area contributed by atoms with Crippen molar-refractivity contribution >= 4 is 18.3 Å². The summed E-state index contributed by atoms with van der Waals surface area (Å²) >= 11 is 5.35. The standard InChI is InChI=1S/C11H25O2PS/c1-10(2,3)8-12-14(7,15)13-9-11(4,5)6/h8-9H2,1-7H3. The summed E-state index contributed by atoms with van der Waals surface area (Å²) in [5.74, 6) is 0. The maximum atomic E-state index is 5.69. The Kier molecular flexibility index (Phi) is 5.47. The molecule has 0 aromatic rings. The molecular formula is C11H25O2PS. The van der Waals surface area contributed by atoms with E-state index in [9.17, 15) is 0 Å². The Morgan fingerprint density at radius 2 is 1.13 bits per heavy atom. The second-order valence-electron chi connectivity index (χ2n) is 6.44. The van der Waals surface area contributed by atoms with Crippen LogP contribution in [0.2, 0.25) is 0 Å². The highest BCUT2D eigenvalue weighted by Gasteiger charge is 2.20. The summed E-state index contributed by atoms with van der Waals surface area (Å²) in [6.45, 7) is 14.0. The van der Waals surface area contributed by atoms with Crippen molar-refractivity contribution in [3.05, 3.63) is 0 Å². The SMILES string of the molecule is CC(C)(C)COP(C)(=S)OCC(C)(C)C. The van der Waals surface area contributed by atoms with E-state index < -0.39 is 6.49 Å². The van der Waals surface area contributed by atoms with Crippen molar-refractivity contribution in [3.63, 3.8) is 0 Å². The first-order chi connectivity index (χ1) is 6.41. The first-order valence-electron chi connectivity index (χ1n) is 5.28. The van der Waals surface area contributed by atoms with Crippen LogP contribution in [0.1, 0.15) is 41.5 Å². The van der Waals surface area contributed by atoms with Crippen molar-refractivity contribution in [1.29, 1.82) is 0 Å². The maximum Gasteiger partial charge on any atom is 0.185 e. The molecule has 0 amide bonds. The van der Waals surface area contributed by atoms with Gasteiger partial charge in [0.05, 0.1) is 13.2 Å². The van der Waals surface area contributed by atoms with Gasteiger partial charge in [-0.2, -0.15) is 0 Å². The Labute approximate surface area is 99.9 Å². The van der Waals surface area contributed by atoms with Gasteiger partial charge in [0.2, 0.25) is 0 Å². The van der Waals surface area contributed by atoms with Crippen LogP contribution in [-0.4, -0.2) is 19.9 Å². The van der Waals surface area contributed by atoms with Gasteiger partial charge >= 0.3 is 0 Å². The molecular weight excluding hydrogens is 227 g/mol. The van der Waals surface area contributed by atoms with Crippen molar-refractivity contribution in [1.82, 2.24) is 0 Å². The van der Waals surface area contributed by atoms with Crippen molar-refractivity contribution in [3.8, 4) is 0 Å². The zero-order chi connectivity index (χ0) is 12.3.